The predicted molar refractivity (Wildman–Crippen MR) is 89.8 cm³/mol. The molecule has 0 aliphatic carbocycles. The first kappa shape index (κ1) is 15.9. The maximum atomic E-state index is 4.79. The van der Waals surface area contributed by atoms with Crippen molar-refractivity contribution in [2.45, 2.75) is 39.8 Å². The molecule has 4 nitrogen and oxygen atoms in total. The largest absolute Gasteiger partial charge is 0.347 e. The Kier molecular flexibility index (Phi) is 6.14. The van der Waals surface area contributed by atoms with Gasteiger partial charge in [0.15, 0.2) is 5.13 Å². The molecular weight excluding hydrogens is 280 g/mol. The molecule has 0 spiro atoms. The van der Waals surface area contributed by atoms with Gasteiger partial charge in [0, 0.05) is 37.4 Å². The van der Waals surface area contributed by atoms with Crippen LogP contribution in [0.4, 0.5) is 5.13 Å². The summed E-state index contributed by atoms with van der Waals surface area (Å²) in [5.41, 5.74) is 2.48. The third kappa shape index (κ3) is 4.51. The smallest absolute Gasteiger partial charge is 0.185 e. The Balaban J connectivity index is 2.05. The number of nitrogens with one attached hydrogen (secondary N) is 1. The van der Waals surface area contributed by atoms with Crippen LogP contribution in [0.25, 0.3) is 0 Å². The summed E-state index contributed by atoms with van der Waals surface area (Å²) >= 11 is 1.80. The van der Waals surface area contributed by atoms with E-state index in [0.29, 0.717) is 0 Å². The van der Waals surface area contributed by atoms with E-state index in [2.05, 4.69) is 48.2 Å². The SMILES string of the molecule is CCCNCc1sc(N(C)Cc2ccncc2)nc1CC. The third-order valence-corrected chi connectivity index (χ3v) is 4.52. The average Bonchev–Trinajstić information content (AvgIpc) is 2.92. The fraction of sp³-hybridized carbons (Fsp3) is 0.500. The van der Waals surface area contributed by atoms with Gasteiger partial charge in [-0.05, 0) is 37.1 Å². The second kappa shape index (κ2) is 8.10. The van der Waals surface area contributed by atoms with Gasteiger partial charge in [0.2, 0.25) is 0 Å². The summed E-state index contributed by atoms with van der Waals surface area (Å²) in [6.07, 6.45) is 5.82. The maximum Gasteiger partial charge on any atom is 0.185 e. The molecule has 0 aliphatic heterocycles. The van der Waals surface area contributed by atoms with Gasteiger partial charge in [-0.2, -0.15) is 0 Å². The van der Waals surface area contributed by atoms with E-state index in [-0.39, 0.29) is 0 Å². The summed E-state index contributed by atoms with van der Waals surface area (Å²) in [7, 11) is 2.10. The highest BCUT2D eigenvalue weighted by Crippen LogP contribution is 2.27. The number of thiazole rings is 1. The lowest BCUT2D eigenvalue weighted by Gasteiger charge is -2.15. The van der Waals surface area contributed by atoms with E-state index >= 15 is 0 Å². The van der Waals surface area contributed by atoms with Gasteiger partial charge in [-0.1, -0.05) is 13.8 Å². The summed E-state index contributed by atoms with van der Waals surface area (Å²) in [6.45, 7) is 7.21. The lowest BCUT2D eigenvalue weighted by atomic mass is 10.2. The van der Waals surface area contributed by atoms with Crippen molar-refractivity contribution in [1.29, 1.82) is 0 Å². The fourth-order valence-corrected chi connectivity index (χ4v) is 3.23. The van der Waals surface area contributed by atoms with E-state index < -0.39 is 0 Å². The molecule has 5 heteroatoms. The zero-order chi connectivity index (χ0) is 15.1. The first-order valence-electron chi connectivity index (χ1n) is 7.53. The summed E-state index contributed by atoms with van der Waals surface area (Å²) in [5.74, 6) is 0. The van der Waals surface area contributed by atoms with Crippen molar-refractivity contribution in [3.05, 3.63) is 40.7 Å². The van der Waals surface area contributed by atoms with Crippen molar-refractivity contribution >= 4 is 16.5 Å². The number of hydrogen-bond acceptors (Lipinski definition) is 5. The van der Waals surface area contributed by atoms with Crippen LogP contribution in [0.15, 0.2) is 24.5 Å². The van der Waals surface area contributed by atoms with Gasteiger partial charge in [-0.25, -0.2) is 4.98 Å². The van der Waals surface area contributed by atoms with Crippen LogP contribution in [0.2, 0.25) is 0 Å². The molecule has 0 radical (unpaired) electrons. The summed E-state index contributed by atoms with van der Waals surface area (Å²) in [4.78, 5) is 12.4. The number of hydrogen-bond donors (Lipinski definition) is 1. The highest BCUT2D eigenvalue weighted by molar-refractivity contribution is 7.15. The van der Waals surface area contributed by atoms with Crippen LogP contribution in [0.1, 0.15) is 36.4 Å². The van der Waals surface area contributed by atoms with E-state index in [0.717, 1.165) is 37.6 Å². The summed E-state index contributed by atoms with van der Waals surface area (Å²) in [6, 6.07) is 4.10. The quantitative estimate of drug-likeness (QED) is 0.760. The molecule has 0 aliphatic rings. The zero-order valence-corrected chi connectivity index (χ0v) is 13.9. The number of aromatic nitrogens is 2. The molecule has 1 N–H and O–H groups in total. The van der Waals surface area contributed by atoms with Crippen LogP contribution >= 0.6 is 11.3 Å². The number of aryl methyl sites for hydroxylation is 1. The van der Waals surface area contributed by atoms with Crippen LogP contribution in [0.3, 0.4) is 0 Å². The summed E-state index contributed by atoms with van der Waals surface area (Å²) < 4.78 is 0. The molecule has 114 valence electrons. The number of rotatable bonds is 8. The Morgan fingerprint density at radius 1 is 1.24 bits per heavy atom. The monoisotopic (exact) mass is 304 g/mol. The fourth-order valence-electron chi connectivity index (χ4n) is 2.16. The molecule has 21 heavy (non-hydrogen) atoms. The van der Waals surface area contributed by atoms with Gasteiger partial charge in [-0.3, -0.25) is 4.98 Å². The Morgan fingerprint density at radius 3 is 2.67 bits per heavy atom. The third-order valence-electron chi connectivity index (χ3n) is 3.31. The van der Waals surface area contributed by atoms with Crippen molar-refractivity contribution in [3.8, 4) is 0 Å². The highest BCUT2D eigenvalue weighted by Gasteiger charge is 2.12. The van der Waals surface area contributed by atoms with Gasteiger partial charge < -0.3 is 10.2 Å². The van der Waals surface area contributed by atoms with E-state index in [9.17, 15) is 0 Å². The topological polar surface area (TPSA) is 41.0 Å². The molecule has 0 fully saturated rings. The molecule has 0 bridgehead atoms. The molecule has 2 aromatic rings. The minimum Gasteiger partial charge on any atom is -0.347 e. The minimum atomic E-state index is 0.862. The van der Waals surface area contributed by atoms with Gasteiger partial charge in [-0.15, -0.1) is 11.3 Å². The van der Waals surface area contributed by atoms with Gasteiger partial charge >= 0.3 is 0 Å². The van der Waals surface area contributed by atoms with Crippen molar-refractivity contribution < 1.29 is 0 Å². The molecule has 0 atom stereocenters. The predicted octanol–water partition coefficient (Wildman–Crippen LogP) is 3.24. The van der Waals surface area contributed by atoms with Crippen LogP contribution < -0.4 is 10.2 Å². The Morgan fingerprint density at radius 2 is 2.00 bits per heavy atom. The normalized spacial score (nSPS) is 10.8. The van der Waals surface area contributed by atoms with Gasteiger partial charge in [0.05, 0.1) is 5.69 Å². The second-order valence-electron chi connectivity index (χ2n) is 5.11. The molecule has 0 unspecified atom stereocenters. The molecule has 2 rings (SSSR count). The molecule has 2 aromatic heterocycles. The van der Waals surface area contributed by atoms with Crippen molar-refractivity contribution in [2.24, 2.45) is 0 Å². The van der Waals surface area contributed by atoms with Crippen molar-refractivity contribution in [1.82, 2.24) is 15.3 Å². The first-order chi connectivity index (χ1) is 10.2. The molecule has 0 aromatic carbocycles. The Bertz CT molecular complexity index is 538. The van der Waals surface area contributed by atoms with Crippen molar-refractivity contribution in [3.63, 3.8) is 0 Å². The molecule has 0 saturated heterocycles. The zero-order valence-electron chi connectivity index (χ0n) is 13.1. The number of pyridine rings is 1. The minimum absolute atomic E-state index is 0.862. The Labute approximate surface area is 131 Å². The molecule has 0 saturated carbocycles. The van der Waals surface area contributed by atoms with E-state index in [1.165, 1.54) is 16.1 Å². The Hall–Kier alpha value is -1.46. The second-order valence-corrected chi connectivity index (χ2v) is 6.17. The van der Waals surface area contributed by atoms with Gasteiger partial charge in [0.1, 0.15) is 0 Å². The van der Waals surface area contributed by atoms with E-state index in [1.807, 2.05) is 12.4 Å². The van der Waals surface area contributed by atoms with E-state index in [4.69, 9.17) is 4.98 Å². The van der Waals surface area contributed by atoms with Crippen LogP contribution in [0, 0.1) is 0 Å². The van der Waals surface area contributed by atoms with E-state index in [1.54, 1.807) is 11.3 Å². The highest BCUT2D eigenvalue weighted by atomic mass is 32.1. The average molecular weight is 304 g/mol. The first-order valence-corrected chi connectivity index (χ1v) is 8.35. The maximum absolute atomic E-state index is 4.79. The molecule has 2 heterocycles. The number of anilines is 1. The molecular formula is C16H24N4S. The molecule has 0 amide bonds. The lowest BCUT2D eigenvalue weighted by Crippen LogP contribution is -2.16. The van der Waals surface area contributed by atoms with Crippen LogP contribution in [-0.2, 0) is 19.5 Å². The van der Waals surface area contributed by atoms with Gasteiger partial charge in [0.25, 0.3) is 0 Å². The standard InChI is InChI=1S/C16H24N4S/c1-4-8-18-11-15-14(5-2)19-16(21-15)20(3)12-13-6-9-17-10-7-13/h6-7,9-10,18H,4-5,8,11-12H2,1-3H3. The van der Waals surface area contributed by atoms with Crippen LogP contribution in [-0.4, -0.2) is 23.6 Å². The number of nitrogens with zero attached hydrogens (tertiary/aromatic N) is 3. The van der Waals surface area contributed by atoms with Crippen LogP contribution in [0.5, 0.6) is 0 Å². The summed E-state index contributed by atoms with van der Waals surface area (Å²) in [5, 5.41) is 4.57. The van der Waals surface area contributed by atoms with Crippen molar-refractivity contribution in [2.75, 3.05) is 18.5 Å². The lowest BCUT2D eigenvalue weighted by molar-refractivity contribution is 0.676.